The number of benzene rings is 2. The zero-order chi connectivity index (χ0) is 18.9. The molecule has 0 aliphatic carbocycles. The molecule has 0 saturated carbocycles. The lowest BCUT2D eigenvalue weighted by atomic mass is 10.2. The van der Waals surface area contributed by atoms with Crippen molar-refractivity contribution in [3.63, 3.8) is 0 Å². The van der Waals surface area contributed by atoms with Crippen LogP contribution in [0, 0.1) is 0 Å². The van der Waals surface area contributed by atoms with Crippen molar-refractivity contribution in [2.24, 2.45) is 5.73 Å². The van der Waals surface area contributed by atoms with E-state index in [-0.39, 0.29) is 17.9 Å². The molecule has 0 unspecified atom stereocenters. The molecule has 2 aromatic carbocycles. The molecule has 0 bridgehead atoms. The molecule has 0 aromatic heterocycles. The maximum absolute atomic E-state index is 11.7. The van der Waals surface area contributed by atoms with Crippen molar-refractivity contribution in [1.29, 1.82) is 0 Å². The van der Waals surface area contributed by atoms with E-state index in [0.717, 1.165) is 5.56 Å². The van der Waals surface area contributed by atoms with Gasteiger partial charge < -0.3 is 20.5 Å². The van der Waals surface area contributed by atoms with Gasteiger partial charge in [-0.15, -0.1) is 0 Å². The highest BCUT2D eigenvalue weighted by Gasteiger charge is 2.12. The maximum atomic E-state index is 11.7. The van der Waals surface area contributed by atoms with Gasteiger partial charge in [-0.2, -0.15) is 0 Å². The number of nitrogens with one attached hydrogen (secondary N) is 1. The molecule has 26 heavy (non-hydrogen) atoms. The van der Waals surface area contributed by atoms with Crippen LogP contribution in [0.25, 0.3) is 0 Å². The molecule has 7 nitrogen and oxygen atoms in total. The summed E-state index contributed by atoms with van der Waals surface area (Å²) in [5.41, 5.74) is 6.23. The molecule has 0 atom stereocenters. The van der Waals surface area contributed by atoms with Crippen LogP contribution in [0.1, 0.15) is 15.9 Å². The number of hydrogen-bond donors (Lipinski definition) is 2. The summed E-state index contributed by atoms with van der Waals surface area (Å²) in [5.74, 6) is -1.70. The van der Waals surface area contributed by atoms with Gasteiger partial charge in [0, 0.05) is 11.6 Å². The largest absolute Gasteiger partial charge is 0.481 e. The van der Waals surface area contributed by atoms with Gasteiger partial charge in [-0.3, -0.25) is 9.59 Å². The lowest BCUT2D eigenvalue weighted by Gasteiger charge is -2.09. The lowest BCUT2D eigenvalue weighted by molar-refractivity contribution is -0.150. The number of esters is 1. The maximum Gasteiger partial charge on any atom is 0.344 e. The average Bonchev–Trinajstić information content (AvgIpc) is 2.64. The normalized spacial score (nSPS) is 10.0. The smallest absolute Gasteiger partial charge is 0.344 e. The highest BCUT2D eigenvalue weighted by molar-refractivity contribution is 6.30. The Morgan fingerprint density at radius 3 is 2.38 bits per heavy atom. The standard InChI is InChI=1S/C18H17ClN2O5/c19-13-7-5-12(6-8-13)9-21-16(22)10-26-17(23)11-25-15-4-2-1-3-14(15)18(20)24/h1-8H,9-11H2,(H2,20,24)(H,21,22). The number of para-hydroxylation sites is 1. The van der Waals surface area contributed by atoms with Crippen molar-refractivity contribution in [2.75, 3.05) is 13.2 Å². The zero-order valence-corrected chi connectivity index (χ0v) is 14.5. The topological polar surface area (TPSA) is 108 Å². The second-order valence-electron chi connectivity index (χ2n) is 5.21. The van der Waals surface area contributed by atoms with E-state index >= 15 is 0 Å². The zero-order valence-electron chi connectivity index (χ0n) is 13.7. The predicted octanol–water partition coefficient (Wildman–Crippen LogP) is 1.68. The second-order valence-corrected chi connectivity index (χ2v) is 5.65. The Hall–Kier alpha value is -3.06. The first kappa shape index (κ1) is 19.3. The Bertz CT molecular complexity index is 792. The monoisotopic (exact) mass is 376 g/mol. The molecule has 3 N–H and O–H groups in total. The number of amides is 2. The first-order chi connectivity index (χ1) is 12.5. The minimum Gasteiger partial charge on any atom is -0.481 e. The molecule has 0 radical (unpaired) electrons. The summed E-state index contributed by atoms with van der Waals surface area (Å²) in [5, 5.41) is 3.21. The molecule has 0 aliphatic rings. The summed E-state index contributed by atoms with van der Waals surface area (Å²) >= 11 is 5.78. The lowest BCUT2D eigenvalue weighted by Crippen LogP contribution is -2.29. The number of ether oxygens (including phenoxy) is 2. The number of hydrogen-bond acceptors (Lipinski definition) is 5. The van der Waals surface area contributed by atoms with Gasteiger partial charge in [-0.05, 0) is 29.8 Å². The van der Waals surface area contributed by atoms with Crippen LogP contribution in [0.3, 0.4) is 0 Å². The van der Waals surface area contributed by atoms with Crippen molar-refractivity contribution in [1.82, 2.24) is 5.32 Å². The van der Waals surface area contributed by atoms with Gasteiger partial charge in [0.25, 0.3) is 11.8 Å². The van der Waals surface area contributed by atoms with E-state index in [2.05, 4.69) is 5.32 Å². The van der Waals surface area contributed by atoms with Crippen molar-refractivity contribution >= 4 is 29.4 Å². The molecule has 0 spiro atoms. The first-order valence-electron chi connectivity index (χ1n) is 7.64. The van der Waals surface area contributed by atoms with Crippen LogP contribution in [-0.4, -0.2) is 31.0 Å². The van der Waals surface area contributed by atoms with Crippen LogP contribution in [-0.2, 0) is 20.9 Å². The number of carbonyl (C=O) groups is 3. The summed E-state index contributed by atoms with van der Waals surface area (Å²) in [6, 6.07) is 13.2. The third kappa shape index (κ3) is 6.10. The second kappa shape index (κ2) is 9.43. The van der Waals surface area contributed by atoms with Crippen LogP contribution in [0.15, 0.2) is 48.5 Å². The third-order valence-electron chi connectivity index (χ3n) is 3.27. The fourth-order valence-corrected chi connectivity index (χ4v) is 2.10. The highest BCUT2D eigenvalue weighted by Crippen LogP contribution is 2.17. The number of rotatable bonds is 8. The number of carbonyl (C=O) groups excluding carboxylic acids is 3. The fourth-order valence-electron chi connectivity index (χ4n) is 1.97. The van der Waals surface area contributed by atoms with Gasteiger partial charge in [0.2, 0.25) is 0 Å². The third-order valence-corrected chi connectivity index (χ3v) is 3.52. The van der Waals surface area contributed by atoms with E-state index in [4.69, 9.17) is 26.8 Å². The number of nitrogens with two attached hydrogens (primary N) is 1. The van der Waals surface area contributed by atoms with Crippen LogP contribution in [0.4, 0.5) is 0 Å². The van der Waals surface area contributed by atoms with E-state index in [1.807, 2.05) is 0 Å². The summed E-state index contributed by atoms with van der Waals surface area (Å²) in [7, 11) is 0. The van der Waals surface area contributed by atoms with E-state index in [1.54, 1.807) is 36.4 Å². The SMILES string of the molecule is NC(=O)c1ccccc1OCC(=O)OCC(=O)NCc1ccc(Cl)cc1. The van der Waals surface area contributed by atoms with Crippen LogP contribution >= 0.6 is 11.6 Å². The Kier molecular flexibility index (Phi) is 6.99. The number of halogens is 1. The van der Waals surface area contributed by atoms with Crippen molar-refractivity contribution in [2.45, 2.75) is 6.54 Å². The van der Waals surface area contributed by atoms with Gasteiger partial charge in [0.15, 0.2) is 13.2 Å². The molecule has 136 valence electrons. The summed E-state index contributed by atoms with van der Waals surface area (Å²) in [4.78, 5) is 34.6. The Morgan fingerprint density at radius 2 is 1.69 bits per heavy atom. The van der Waals surface area contributed by atoms with Gasteiger partial charge in [-0.25, -0.2) is 4.79 Å². The molecule has 0 heterocycles. The Labute approximate surface area is 155 Å². The van der Waals surface area contributed by atoms with E-state index in [0.29, 0.717) is 5.02 Å². The van der Waals surface area contributed by atoms with Gasteiger partial charge in [0.05, 0.1) is 5.56 Å². The average molecular weight is 377 g/mol. The molecule has 2 aromatic rings. The Morgan fingerprint density at radius 1 is 1.00 bits per heavy atom. The highest BCUT2D eigenvalue weighted by atomic mass is 35.5. The summed E-state index contributed by atoms with van der Waals surface area (Å²) in [6.07, 6.45) is 0. The first-order valence-corrected chi connectivity index (χ1v) is 8.02. The van der Waals surface area contributed by atoms with Gasteiger partial charge >= 0.3 is 5.97 Å². The van der Waals surface area contributed by atoms with Crippen LogP contribution < -0.4 is 15.8 Å². The molecule has 0 aliphatic heterocycles. The minimum absolute atomic E-state index is 0.154. The predicted molar refractivity (Wildman–Crippen MR) is 94.7 cm³/mol. The molecule has 0 saturated heterocycles. The molecule has 0 fully saturated rings. The van der Waals surface area contributed by atoms with E-state index in [9.17, 15) is 14.4 Å². The minimum atomic E-state index is -0.745. The molecular weight excluding hydrogens is 360 g/mol. The molecule has 2 amide bonds. The number of primary amides is 1. The summed E-state index contributed by atoms with van der Waals surface area (Å²) < 4.78 is 10.0. The van der Waals surface area contributed by atoms with Crippen LogP contribution in [0.2, 0.25) is 5.02 Å². The van der Waals surface area contributed by atoms with Gasteiger partial charge in [0.1, 0.15) is 5.75 Å². The van der Waals surface area contributed by atoms with Crippen molar-refractivity contribution in [3.05, 3.63) is 64.7 Å². The van der Waals surface area contributed by atoms with Crippen molar-refractivity contribution < 1.29 is 23.9 Å². The molecular formula is C18H17ClN2O5. The Balaban J connectivity index is 1.72. The molecule has 8 heteroatoms. The fraction of sp³-hybridized carbons (Fsp3) is 0.167. The van der Waals surface area contributed by atoms with E-state index in [1.165, 1.54) is 12.1 Å². The van der Waals surface area contributed by atoms with Gasteiger partial charge in [-0.1, -0.05) is 35.9 Å². The molecule has 2 rings (SSSR count). The quantitative estimate of drug-likeness (QED) is 0.681. The van der Waals surface area contributed by atoms with Crippen molar-refractivity contribution in [3.8, 4) is 5.75 Å². The summed E-state index contributed by atoms with van der Waals surface area (Å²) in [6.45, 7) is -0.599. The van der Waals surface area contributed by atoms with Crippen LogP contribution in [0.5, 0.6) is 5.75 Å². The van der Waals surface area contributed by atoms with E-state index < -0.39 is 31.0 Å².